The minimum atomic E-state index is -1.45. The number of hydrogen-bond acceptors (Lipinski definition) is 3. The van der Waals surface area contributed by atoms with Gasteiger partial charge in [0, 0.05) is 0 Å². The minimum Gasteiger partial charge on any atom is -0.479 e. The number of hydrogen-bond donors (Lipinski definition) is 1. The van der Waals surface area contributed by atoms with Gasteiger partial charge in [-0.3, -0.25) is 14.5 Å². The Bertz CT molecular complexity index is 573. The van der Waals surface area contributed by atoms with Gasteiger partial charge in [0.25, 0.3) is 11.8 Å². The van der Waals surface area contributed by atoms with Crippen molar-refractivity contribution in [1.29, 1.82) is 0 Å². The van der Waals surface area contributed by atoms with Crippen LogP contribution in [0.25, 0.3) is 0 Å². The fourth-order valence-electron chi connectivity index (χ4n) is 1.76. The van der Waals surface area contributed by atoms with E-state index in [9.17, 15) is 19.5 Å². The number of nitrogens with zero attached hydrogens (tertiary/aromatic N) is 1. The zero-order valence-electron chi connectivity index (χ0n) is 9.34. The molecule has 0 spiro atoms. The van der Waals surface area contributed by atoms with Gasteiger partial charge in [0.15, 0.2) is 6.04 Å². The lowest BCUT2D eigenvalue weighted by Gasteiger charge is -2.22. The summed E-state index contributed by atoms with van der Waals surface area (Å²) in [5.41, 5.74) is 0.285. The number of carboxylic acids is 1. The summed E-state index contributed by atoms with van der Waals surface area (Å²) in [6.07, 6.45) is 0. The molecule has 1 atom stereocenters. The van der Waals surface area contributed by atoms with Crippen LogP contribution in [0.5, 0.6) is 0 Å². The number of amides is 2. The van der Waals surface area contributed by atoms with Gasteiger partial charge in [-0.25, -0.2) is 4.79 Å². The molecule has 1 aliphatic heterocycles. The van der Waals surface area contributed by atoms with Crippen molar-refractivity contribution in [2.24, 2.45) is 0 Å². The SMILES string of the molecule is O=C(O)[C@@H](c1ccccc1)N1C(=O)C(Cl)=C(Cl)C1=O. The summed E-state index contributed by atoms with van der Waals surface area (Å²) in [6.45, 7) is 0. The zero-order valence-corrected chi connectivity index (χ0v) is 10.9. The Morgan fingerprint density at radius 3 is 1.95 bits per heavy atom. The van der Waals surface area contributed by atoms with Crippen LogP contribution >= 0.6 is 23.2 Å². The third kappa shape index (κ3) is 2.22. The van der Waals surface area contributed by atoms with Crippen molar-refractivity contribution in [3.8, 4) is 0 Å². The maximum Gasteiger partial charge on any atom is 0.331 e. The van der Waals surface area contributed by atoms with Crippen LogP contribution in [0.4, 0.5) is 0 Å². The van der Waals surface area contributed by atoms with Gasteiger partial charge in [0.1, 0.15) is 10.1 Å². The minimum absolute atomic E-state index is 0.285. The number of imide groups is 1. The van der Waals surface area contributed by atoms with E-state index in [2.05, 4.69) is 0 Å². The highest BCUT2D eigenvalue weighted by Gasteiger charge is 2.44. The molecule has 98 valence electrons. The second kappa shape index (κ2) is 5.03. The molecule has 1 heterocycles. The van der Waals surface area contributed by atoms with Crippen molar-refractivity contribution < 1.29 is 19.5 Å². The molecule has 1 aromatic rings. The second-order valence-corrected chi connectivity index (χ2v) is 4.52. The quantitative estimate of drug-likeness (QED) is 0.865. The lowest BCUT2D eigenvalue weighted by Crippen LogP contribution is -2.39. The number of benzene rings is 1. The van der Waals surface area contributed by atoms with Crippen molar-refractivity contribution in [1.82, 2.24) is 4.90 Å². The molecule has 19 heavy (non-hydrogen) atoms. The fourth-order valence-corrected chi connectivity index (χ4v) is 2.11. The van der Waals surface area contributed by atoms with E-state index in [0.717, 1.165) is 0 Å². The van der Waals surface area contributed by atoms with Gasteiger partial charge in [0.2, 0.25) is 0 Å². The fraction of sp³-hybridized carbons (Fsp3) is 0.0833. The summed E-state index contributed by atoms with van der Waals surface area (Å²) in [7, 11) is 0. The predicted octanol–water partition coefficient (Wildman–Crippen LogP) is 1.87. The van der Waals surface area contributed by atoms with Crippen molar-refractivity contribution in [2.75, 3.05) is 0 Å². The van der Waals surface area contributed by atoms with Crippen LogP contribution in [0.15, 0.2) is 40.4 Å². The van der Waals surface area contributed by atoms with Crippen LogP contribution in [-0.4, -0.2) is 27.8 Å². The first-order valence-corrected chi connectivity index (χ1v) is 5.91. The first-order chi connectivity index (χ1) is 8.95. The van der Waals surface area contributed by atoms with E-state index in [0.29, 0.717) is 4.90 Å². The lowest BCUT2D eigenvalue weighted by atomic mass is 10.1. The third-order valence-corrected chi connectivity index (χ3v) is 3.41. The van der Waals surface area contributed by atoms with Crippen LogP contribution in [-0.2, 0) is 14.4 Å². The molecule has 0 bridgehead atoms. The molecular formula is C12H7Cl2NO4. The van der Waals surface area contributed by atoms with E-state index < -0.39 is 33.9 Å². The lowest BCUT2D eigenvalue weighted by molar-refractivity contribution is -0.153. The van der Waals surface area contributed by atoms with Gasteiger partial charge >= 0.3 is 5.97 Å². The zero-order chi connectivity index (χ0) is 14.2. The summed E-state index contributed by atoms with van der Waals surface area (Å²) in [5.74, 6) is -3.16. The predicted molar refractivity (Wildman–Crippen MR) is 67.4 cm³/mol. The summed E-state index contributed by atoms with van der Waals surface area (Å²) in [5, 5.41) is 8.32. The Hall–Kier alpha value is -1.85. The normalized spacial score (nSPS) is 17.1. The highest BCUT2D eigenvalue weighted by molar-refractivity contribution is 6.58. The van der Waals surface area contributed by atoms with Gasteiger partial charge in [-0.1, -0.05) is 53.5 Å². The molecular weight excluding hydrogens is 293 g/mol. The Kier molecular flexibility index (Phi) is 3.59. The van der Waals surface area contributed by atoms with Gasteiger partial charge in [0.05, 0.1) is 0 Å². The molecule has 1 N–H and O–H groups in total. The summed E-state index contributed by atoms with van der Waals surface area (Å²) < 4.78 is 0. The van der Waals surface area contributed by atoms with Crippen LogP contribution in [0.1, 0.15) is 11.6 Å². The average molecular weight is 300 g/mol. The first kappa shape index (κ1) is 13.6. The molecule has 1 aromatic carbocycles. The number of halogens is 2. The van der Waals surface area contributed by atoms with Crippen molar-refractivity contribution in [3.63, 3.8) is 0 Å². The Labute approximate surface area is 118 Å². The second-order valence-electron chi connectivity index (χ2n) is 3.76. The summed E-state index contributed by atoms with van der Waals surface area (Å²) in [6, 6.07) is 6.44. The monoisotopic (exact) mass is 299 g/mol. The maximum absolute atomic E-state index is 11.8. The van der Waals surface area contributed by atoms with Gasteiger partial charge < -0.3 is 5.11 Å². The summed E-state index contributed by atoms with van der Waals surface area (Å²) in [4.78, 5) is 35.5. The van der Waals surface area contributed by atoms with Crippen LogP contribution in [0.3, 0.4) is 0 Å². The number of carboxylic acid groups (broad SMARTS) is 1. The van der Waals surface area contributed by atoms with Gasteiger partial charge in [-0.05, 0) is 5.56 Å². The molecule has 0 radical (unpaired) electrons. The maximum atomic E-state index is 11.8. The van der Waals surface area contributed by atoms with Crippen LogP contribution in [0, 0.1) is 0 Å². The molecule has 0 unspecified atom stereocenters. The van der Waals surface area contributed by atoms with E-state index >= 15 is 0 Å². The van der Waals surface area contributed by atoms with Gasteiger partial charge in [-0.15, -0.1) is 0 Å². The average Bonchev–Trinajstić information content (AvgIpc) is 2.58. The smallest absolute Gasteiger partial charge is 0.331 e. The van der Waals surface area contributed by atoms with Crippen molar-refractivity contribution in [2.45, 2.75) is 6.04 Å². The number of aliphatic carboxylic acids is 1. The molecule has 0 saturated carbocycles. The Morgan fingerprint density at radius 2 is 1.53 bits per heavy atom. The molecule has 7 heteroatoms. The highest BCUT2D eigenvalue weighted by atomic mass is 35.5. The first-order valence-electron chi connectivity index (χ1n) is 5.16. The third-order valence-electron chi connectivity index (χ3n) is 2.61. The molecule has 0 saturated heterocycles. The number of rotatable bonds is 3. The van der Waals surface area contributed by atoms with E-state index in [-0.39, 0.29) is 5.56 Å². The number of carbonyl (C=O) groups excluding carboxylic acids is 2. The van der Waals surface area contributed by atoms with Crippen LogP contribution < -0.4 is 0 Å². The molecule has 2 rings (SSSR count). The van der Waals surface area contributed by atoms with Gasteiger partial charge in [-0.2, -0.15) is 0 Å². The molecule has 1 aliphatic rings. The highest BCUT2D eigenvalue weighted by Crippen LogP contribution is 2.33. The topological polar surface area (TPSA) is 74.7 Å². The molecule has 5 nitrogen and oxygen atoms in total. The molecule has 0 fully saturated rings. The summed E-state index contributed by atoms with van der Waals surface area (Å²) >= 11 is 11.2. The molecule has 2 amide bonds. The molecule has 0 aromatic heterocycles. The van der Waals surface area contributed by atoms with Crippen LogP contribution in [0.2, 0.25) is 0 Å². The van der Waals surface area contributed by atoms with E-state index in [1.807, 2.05) is 0 Å². The van der Waals surface area contributed by atoms with Crippen molar-refractivity contribution >= 4 is 41.0 Å². The van der Waals surface area contributed by atoms with E-state index in [4.69, 9.17) is 23.2 Å². The largest absolute Gasteiger partial charge is 0.479 e. The standard InChI is InChI=1S/C12H7Cl2NO4/c13-7-8(14)11(17)15(10(7)16)9(12(18)19)6-4-2-1-3-5-6/h1-5,9H,(H,18,19)/t9-/m1/s1. The number of carbonyl (C=O) groups is 3. The van der Waals surface area contributed by atoms with E-state index in [1.54, 1.807) is 18.2 Å². The Balaban J connectivity index is 2.47. The Morgan fingerprint density at radius 1 is 1.05 bits per heavy atom. The van der Waals surface area contributed by atoms with Crippen molar-refractivity contribution in [3.05, 3.63) is 46.0 Å². The van der Waals surface area contributed by atoms with E-state index in [1.165, 1.54) is 12.1 Å². The molecule has 0 aliphatic carbocycles.